The lowest BCUT2D eigenvalue weighted by atomic mass is 9.94. The van der Waals surface area contributed by atoms with E-state index in [1.165, 1.54) is 0 Å². The van der Waals surface area contributed by atoms with Crippen LogP contribution in [0.3, 0.4) is 0 Å². The van der Waals surface area contributed by atoms with Crippen LogP contribution in [0.4, 0.5) is 5.69 Å². The van der Waals surface area contributed by atoms with Crippen molar-refractivity contribution < 1.29 is 13.5 Å². The first kappa shape index (κ1) is 22.7. The Labute approximate surface area is 179 Å². The largest absolute Gasteiger partial charge is 0.387 e. The molecule has 2 heterocycles. The van der Waals surface area contributed by atoms with Gasteiger partial charge in [0.15, 0.2) is 0 Å². The molecule has 7 nitrogen and oxygen atoms in total. The smallest absolute Gasteiger partial charge is 0.301 e. The molecule has 0 spiro atoms. The highest BCUT2D eigenvalue weighted by Crippen LogP contribution is 2.24. The van der Waals surface area contributed by atoms with Crippen LogP contribution in [0.2, 0.25) is 0 Å². The number of hydrogen-bond donors (Lipinski definition) is 3. The number of benzene rings is 1. The normalized spacial score (nSPS) is 21.3. The van der Waals surface area contributed by atoms with Crippen molar-refractivity contribution >= 4 is 15.9 Å². The number of pyridine rings is 1. The lowest BCUT2D eigenvalue weighted by molar-refractivity contribution is 0.174. The van der Waals surface area contributed by atoms with Crippen LogP contribution >= 0.6 is 0 Å². The molecule has 3 N–H and O–H groups in total. The Kier molecular flexibility index (Phi) is 7.82. The Morgan fingerprint density at radius 1 is 1.17 bits per heavy atom. The van der Waals surface area contributed by atoms with Gasteiger partial charge in [0.05, 0.1) is 6.10 Å². The third-order valence-corrected chi connectivity index (χ3v) is 6.84. The Balaban J connectivity index is 1.45. The summed E-state index contributed by atoms with van der Waals surface area (Å²) in [7, 11) is -3.53. The SMILES string of the molecule is C[C@@H]1C[C@H](C)CN(S(=O)(=O)Nc2ccc(CCNC[C@H](O)c3cccnc3)cc2)C1. The van der Waals surface area contributed by atoms with Crippen LogP contribution in [-0.2, 0) is 16.6 Å². The molecule has 0 aliphatic carbocycles. The first-order chi connectivity index (χ1) is 14.3. The second-order valence-corrected chi connectivity index (χ2v) is 9.99. The summed E-state index contributed by atoms with van der Waals surface area (Å²) in [5, 5.41) is 13.4. The van der Waals surface area contributed by atoms with Gasteiger partial charge in [-0.05, 0) is 55.0 Å². The van der Waals surface area contributed by atoms with Gasteiger partial charge in [0.1, 0.15) is 0 Å². The van der Waals surface area contributed by atoms with Gasteiger partial charge in [0.2, 0.25) is 0 Å². The molecule has 8 heteroatoms. The summed E-state index contributed by atoms with van der Waals surface area (Å²) < 4.78 is 29.7. The Bertz CT molecular complexity index is 880. The van der Waals surface area contributed by atoms with Gasteiger partial charge in [0, 0.05) is 43.3 Å². The topological polar surface area (TPSA) is 94.6 Å². The van der Waals surface area contributed by atoms with E-state index in [1.807, 2.05) is 18.2 Å². The molecule has 0 unspecified atom stereocenters. The van der Waals surface area contributed by atoms with E-state index in [2.05, 4.69) is 28.9 Å². The zero-order valence-corrected chi connectivity index (χ0v) is 18.5. The van der Waals surface area contributed by atoms with Crippen molar-refractivity contribution in [2.45, 2.75) is 32.8 Å². The fraction of sp³-hybridized carbons (Fsp3) is 0.500. The summed E-state index contributed by atoms with van der Waals surface area (Å²) in [5.41, 5.74) is 2.46. The van der Waals surface area contributed by atoms with Crippen LogP contribution in [0.15, 0.2) is 48.8 Å². The van der Waals surface area contributed by atoms with Gasteiger partial charge in [-0.3, -0.25) is 9.71 Å². The molecule has 1 aliphatic heterocycles. The average Bonchev–Trinajstić information content (AvgIpc) is 2.72. The van der Waals surface area contributed by atoms with Gasteiger partial charge in [-0.15, -0.1) is 0 Å². The summed E-state index contributed by atoms with van der Waals surface area (Å²) in [6.07, 6.45) is 4.61. The number of piperidine rings is 1. The highest BCUT2D eigenvalue weighted by molar-refractivity contribution is 7.90. The summed E-state index contributed by atoms with van der Waals surface area (Å²) in [6, 6.07) is 11.1. The molecule has 0 radical (unpaired) electrons. The second kappa shape index (κ2) is 10.3. The van der Waals surface area contributed by atoms with Crippen molar-refractivity contribution in [3.8, 4) is 0 Å². The monoisotopic (exact) mass is 432 g/mol. The summed E-state index contributed by atoms with van der Waals surface area (Å²) in [4.78, 5) is 4.01. The van der Waals surface area contributed by atoms with Crippen LogP contribution in [0, 0.1) is 11.8 Å². The zero-order valence-electron chi connectivity index (χ0n) is 17.7. The number of rotatable bonds is 9. The van der Waals surface area contributed by atoms with E-state index in [1.54, 1.807) is 34.9 Å². The molecule has 0 amide bonds. The molecule has 0 saturated carbocycles. The van der Waals surface area contributed by atoms with Crippen molar-refractivity contribution in [3.05, 3.63) is 59.9 Å². The van der Waals surface area contributed by atoms with E-state index < -0.39 is 16.3 Å². The van der Waals surface area contributed by atoms with Crippen molar-refractivity contribution in [2.75, 3.05) is 30.9 Å². The molecule has 1 saturated heterocycles. The molecule has 2 aromatic rings. The Morgan fingerprint density at radius 3 is 2.50 bits per heavy atom. The van der Waals surface area contributed by atoms with Crippen LogP contribution in [0.25, 0.3) is 0 Å². The van der Waals surface area contributed by atoms with E-state index in [0.717, 1.165) is 24.0 Å². The average molecular weight is 433 g/mol. The van der Waals surface area contributed by atoms with Crippen LogP contribution in [0.5, 0.6) is 0 Å². The van der Waals surface area contributed by atoms with Crippen LogP contribution in [-0.4, -0.2) is 49.0 Å². The minimum absolute atomic E-state index is 0.372. The Hall–Kier alpha value is -2.00. The third kappa shape index (κ3) is 6.50. The maximum Gasteiger partial charge on any atom is 0.301 e. The van der Waals surface area contributed by atoms with Crippen molar-refractivity contribution in [2.24, 2.45) is 11.8 Å². The minimum atomic E-state index is -3.53. The number of nitrogens with zero attached hydrogens (tertiary/aromatic N) is 2. The highest BCUT2D eigenvalue weighted by atomic mass is 32.2. The molecule has 1 aromatic carbocycles. The van der Waals surface area contributed by atoms with Gasteiger partial charge in [0.25, 0.3) is 0 Å². The van der Waals surface area contributed by atoms with Crippen LogP contribution < -0.4 is 10.0 Å². The van der Waals surface area contributed by atoms with Gasteiger partial charge in [-0.25, -0.2) is 0 Å². The second-order valence-electron chi connectivity index (χ2n) is 8.32. The molecular formula is C22H32N4O3S. The fourth-order valence-corrected chi connectivity index (χ4v) is 5.38. The summed E-state index contributed by atoms with van der Waals surface area (Å²) in [5.74, 6) is 0.744. The number of nitrogens with one attached hydrogen (secondary N) is 2. The standard InChI is InChI=1S/C22H32N4O3S/c1-17-12-18(2)16-26(15-17)30(28,29)25-21-7-5-19(6-8-21)9-11-24-14-22(27)20-4-3-10-23-13-20/h3-8,10,13,17-18,22,24-25,27H,9,11-12,14-16H2,1-2H3/t17-,18+,22-/m0/s1. The third-order valence-electron chi connectivity index (χ3n) is 5.37. The van der Waals surface area contributed by atoms with E-state index in [-0.39, 0.29) is 0 Å². The molecule has 1 aromatic heterocycles. The van der Waals surface area contributed by atoms with E-state index in [9.17, 15) is 13.5 Å². The van der Waals surface area contributed by atoms with Crippen molar-refractivity contribution in [3.63, 3.8) is 0 Å². The fourth-order valence-electron chi connectivity index (χ4n) is 3.92. The quantitative estimate of drug-likeness (QED) is 0.530. The lowest BCUT2D eigenvalue weighted by Gasteiger charge is -2.34. The van der Waals surface area contributed by atoms with Gasteiger partial charge in [-0.2, -0.15) is 12.7 Å². The van der Waals surface area contributed by atoms with E-state index in [0.29, 0.717) is 43.7 Å². The predicted molar refractivity (Wildman–Crippen MR) is 119 cm³/mol. The number of aliphatic hydroxyl groups excluding tert-OH is 1. The zero-order chi connectivity index (χ0) is 21.6. The maximum absolute atomic E-state index is 12.7. The molecule has 3 atom stereocenters. The first-order valence-electron chi connectivity index (χ1n) is 10.5. The minimum Gasteiger partial charge on any atom is -0.387 e. The van der Waals surface area contributed by atoms with E-state index >= 15 is 0 Å². The highest BCUT2D eigenvalue weighted by Gasteiger charge is 2.30. The van der Waals surface area contributed by atoms with Crippen LogP contribution in [0.1, 0.15) is 37.5 Å². The van der Waals surface area contributed by atoms with Gasteiger partial charge >= 0.3 is 10.2 Å². The number of aromatic nitrogens is 1. The molecular weight excluding hydrogens is 400 g/mol. The number of anilines is 1. The summed E-state index contributed by atoms with van der Waals surface area (Å²) in [6.45, 7) is 6.48. The lowest BCUT2D eigenvalue weighted by Crippen LogP contribution is -2.45. The van der Waals surface area contributed by atoms with E-state index in [4.69, 9.17) is 0 Å². The number of aliphatic hydroxyl groups is 1. The molecule has 164 valence electrons. The molecule has 1 fully saturated rings. The maximum atomic E-state index is 12.7. The van der Waals surface area contributed by atoms with Crippen molar-refractivity contribution in [1.29, 1.82) is 0 Å². The first-order valence-corrected chi connectivity index (χ1v) is 11.9. The molecule has 3 rings (SSSR count). The predicted octanol–water partition coefficient (Wildman–Crippen LogP) is 2.58. The molecule has 1 aliphatic rings. The van der Waals surface area contributed by atoms with Gasteiger partial charge < -0.3 is 10.4 Å². The summed E-state index contributed by atoms with van der Waals surface area (Å²) >= 11 is 0. The van der Waals surface area contributed by atoms with Gasteiger partial charge in [-0.1, -0.05) is 32.0 Å². The van der Waals surface area contributed by atoms with Crippen molar-refractivity contribution in [1.82, 2.24) is 14.6 Å². The molecule has 0 bridgehead atoms. The molecule has 30 heavy (non-hydrogen) atoms. The Morgan fingerprint density at radius 2 is 1.87 bits per heavy atom. The number of hydrogen-bond acceptors (Lipinski definition) is 5.